The Bertz CT molecular complexity index is 5330. The Hall–Kier alpha value is -14.0. The number of hydrogen-bond donors (Lipinski definition) is 15. The van der Waals surface area contributed by atoms with Crippen LogP contribution in [0.4, 0.5) is 17.6 Å². The Morgan fingerprint density at radius 2 is 1.02 bits per heavy atom. The summed E-state index contributed by atoms with van der Waals surface area (Å²) in [5.41, 5.74) is 12.5. The first-order valence-electron chi connectivity index (χ1n) is 44.0. The van der Waals surface area contributed by atoms with E-state index in [1.807, 2.05) is 0 Å². The van der Waals surface area contributed by atoms with Crippen LogP contribution in [0.5, 0.6) is 5.75 Å². The van der Waals surface area contributed by atoms with Crippen molar-refractivity contribution in [2.75, 3.05) is 52.3 Å². The molecule has 43 heteroatoms. The van der Waals surface area contributed by atoms with Crippen LogP contribution in [0.25, 0.3) is 10.9 Å². The summed E-state index contributed by atoms with van der Waals surface area (Å²) in [5, 5.41) is 53.9. The maximum absolute atomic E-state index is 15.7. The molecular formula is C92H113F4N17O21S. The van der Waals surface area contributed by atoms with Gasteiger partial charge in [0, 0.05) is 95.6 Å². The van der Waals surface area contributed by atoms with Gasteiger partial charge in [-0.05, 0) is 121 Å². The van der Waals surface area contributed by atoms with Gasteiger partial charge in [0.1, 0.15) is 90.1 Å². The molecule has 5 aromatic carbocycles. The second-order valence-electron chi connectivity index (χ2n) is 33.9. The van der Waals surface area contributed by atoms with E-state index in [1.165, 1.54) is 64.3 Å². The number of piperidine rings is 1. The molecule has 0 aliphatic carbocycles. The summed E-state index contributed by atoms with van der Waals surface area (Å²) >= 11 is 0.547. The number of nitrogens with one attached hydrogen (secondary N) is 10. The molecule has 726 valence electrons. The third kappa shape index (κ3) is 29.2. The number of unbranched alkanes of at least 4 members (excludes halogenated alkanes) is 1. The number of phenols is 1. The van der Waals surface area contributed by atoms with Gasteiger partial charge >= 0.3 is 11.9 Å². The number of aromatic nitrogens is 1. The van der Waals surface area contributed by atoms with Gasteiger partial charge in [0.05, 0.1) is 25.1 Å². The first-order chi connectivity index (χ1) is 64.1. The monoisotopic (exact) mass is 1900 g/mol. The number of hydrogen-bond acceptors (Lipinski definition) is 20. The Labute approximate surface area is 778 Å². The predicted molar refractivity (Wildman–Crippen MR) is 480 cm³/mol. The number of fused-ring (bicyclic) bond motifs is 3. The summed E-state index contributed by atoms with van der Waals surface area (Å²) in [6.45, 7) is 3.54. The molecule has 0 saturated carbocycles. The lowest BCUT2D eigenvalue weighted by Gasteiger charge is -2.38. The second-order valence-corrected chi connectivity index (χ2v) is 34.9. The normalized spacial score (nSPS) is 23.4. The number of carboxylic acid groups (broad SMARTS) is 2. The summed E-state index contributed by atoms with van der Waals surface area (Å²) in [6.07, 6.45) is -3.56. The first kappa shape index (κ1) is 105. The summed E-state index contributed by atoms with van der Waals surface area (Å²) in [6, 6.07) is 3.03. The predicted octanol–water partition coefficient (Wildman–Crippen LogP) is 1.08. The van der Waals surface area contributed by atoms with Crippen molar-refractivity contribution in [3.8, 4) is 5.75 Å². The number of thioether (sulfide) groups is 1. The van der Waals surface area contributed by atoms with Crippen LogP contribution in [0.3, 0.4) is 0 Å². The van der Waals surface area contributed by atoms with Crippen molar-refractivity contribution in [2.45, 2.75) is 208 Å². The maximum Gasteiger partial charge on any atom is 0.305 e. The number of para-hydroxylation sites is 1. The molecule has 135 heavy (non-hydrogen) atoms. The Balaban J connectivity index is 1.14. The quantitative estimate of drug-likeness (QED) is 0.0298. The standard InChI is InChI=1S/C92H113F4N17O21S/c1-7-8-21-70-91(133)113-35-16-23-69(113)86(128)106-65(44-77(120)121)84(126)108-79(49(2)3)92(134)110(5)71(40-50-17-10-9-11-18-50)87(129)102-61(32-33-76(118)119)89(131)112-34-15-14-22-68(112)85(127)105-63(42-54-45-99-60-20-13-12-19-57(54)60)82(124)103-62(38-51-26-30-56(114)31-27-51)81(123)104-64(43-73(97)115)83(125)107-67(80(122)100-46-74(98)116)47-135-48-75(117)101-66(39-53-36-58(94)78(96)59(95)37-53)88(130)111(6)72(90(132)109(70)4)41-52-24-28-55(93)29-25-52/h9-13,17-20,24-31,36-37,45,49,61-72,79,99,114H,7-8,14-16,21-23,32-35,38-44,46-48H2,1-6H3,(H2,97,115)(H2,98,116)(H,100,122)(H,101,117)(H,102,129)(H,103,124)(H,104,123)(H,105,127)(H,106,128)(H,107,125)(H,108,126)(H,118,119)(H,120,121)/t61-,62-,63+,64-,65-,66-,67-,68+,69+,70-,71-,72-,79+/m0/s1. The third-order valence-corrected chi connectivity index (χ3v) is 24.7. The van der Waals surface area contributed by atoms with Crippen LogP contribution >= 0.6 is 11.8 Å². The van der Waals surface area contributed by atoms with Crippen LogP contribution in [-0.4, -0.2) is 282 Å². The number of phenolic OH excluding ortho intramolecular Hbond substituents is 1. The number of aromatic amines is 1. The number of H-pyrrole nitrogens is 1. The van der Waals surface area contributed by atoms with E-state index in [-0.39, 0.29) is 87.8 Å². The molecule has 3 aliphatic heterocycles. The fraction of sp³-hybridized carbons (Fsp3) is 0.457. The van der Waals surface area contributed by atoms with Crippen molar-refractivity contribution in [3.63, 3.8) is 0 Å². The highest BCUT2D eigenvalue weighted by atomic mass is 32.2. The number of aromatic hydroxyl groups is 1. The summed E-state index contributed by atoms with van der Waals surface area (Å²) in [7, 11) is 3.50. The van der Waals surface area contributed by atoms with Gasteiger partial charge < -0.3 is 104 Å². The molecule has 3 fully saturated rings. The van der Waals surface area contributed by atoms with Crippen molar-refractivity contribution in [1.29, 1.82) is 0 Å². The fourth-order valence-electron chi connectivity index (χ4n) is 16.3. The average molecular weight is 1900 g/mol. The van der Waals surface area contributed by atoms with Gasteiger partial charge in [-0.15, -0.1) is 11.8 Å². The van der Waals surface area contributed by atoms with E-state index in [1.54, 1.807) is 67.7 Å². The number of carboxylic acids is 2. The van der Waals surface area contributed by atoms with Crippen LogP contribution in [0, 0.1) is 29.2 Å². The number of carbonyl (C=O) groups excluding carboxylic acids is 16. The van der Waals surface area contributed by atoms with Gasteiger partial charge in [-0.1, -0.05) is 106 Å². The van der Waals surface area contributed by atoms with E-state index in [9.17, 15) is 67.3 Å². The summed E-state index contributed by atoms with van der Waals surface area (Å²) in [5.74, 6) is -29.4. The largest absolute Gasteiger partial charge is 0.508 e. The molecule has 3 saturated heterocycles. The highest BCUT2D eigenvalue weighted by Crippen LogP contribution is 2.29. The molecule has 0 unspecified atom stereocenters. The Morgan fingerprint density at radius 1 is 0.496 bits per heavy atom. The SMILES string of the molecule is CCCC[C@H]1C(=O)N2CCC[C@@H]2C(=O)N[C@@H](CC(=O)O)C(=O)N[C@H](C(C)C)C(=O)N(C)[C@@H](Cc2ccccc2)C(=O)N[C@@H](CCC(=O)O)C(=O)N2CCCC[C@@H]2C(=O)N[C@H](Cc2c[nH]c3ccccc23)C(=O)N[C@@H](Cc2ccc(O)cc2)C(=O)N[C@@H](CC(N)=O)C(=O)N[C@H](C(=O)NCC(N)=O)CSCC(=O)N[C@@H](Cc2cc(F)c(F)c(F)c2)C(=O)N(C)[C@@H](Cc2ccc(F)cc2)C(=O)N1C. The number of carbonyl (C=O) groups is 18. The van der Waals surface area contributed by atoms with Crippen LogP contribution < -0.4 is 59.3 Å². The minimum absolute atomic E-state index is 0.0973. The minimum atomic E-state index is -2.07. The molecule has 3 aliphatic rings. The highest BCUT2D eigenvalue weighted by molar-refractivity contribution is 8.00. The number of nitrogens with two attached hydrogens (primary N) is 2. The average Bonchev–Trinajstić information content (AvgIpc) is 1.76. The van der Waals surface area contributed by atoms with Crippen LogP contribution in [-0.2, 0) is 118 Å². The zero-order chi connectivity index (χ0) is 98.8. The van der Waals surface area contributed by atoms with E-state index in [0.29, 0.717) is 52.3 Å². The second kappa shape index (κ2) is 49.1. The molecule has 16 amide bonds. The highest BCUT2D eigenvalue weighted by Gasteiger charge is 2.46. The molecule has 4 heterocycles. The lowest BCUT2D eigenvalue weighted by Crippen LogP contribution is -2.63. The zero-order valence-electron chi connectivity index (χ0n) is 75.2. The van der Waals surface area contributed by atoms with Crippen LogP contribution in [0.1, 0.15) is 126 Å². The van der Waals surface area contributed by atoms with E-state index in [4.69, 9.17) is 11.5 Å². The van der Waals surface area contributed by atoms with Crippen LogP contribution in [0.2, 0.25) is 0 Å². The van der Waals surface area contributed by atoms with E-state index < -0.39 is 283 Å². The lowest BCUT2D eigenvalue weighted by molar-refractivity contribution is -0.152. The Morgan fingerprint density at radius 3 is 1.65 bits per heavy atom. The number of rotatable bonds is 24. The van der Waals surface area contributed by atoms with Crippen molar-refractivity contribution in [1.82, 2.24) is 77.3 Å². The molecule has 9 rings (SSSR count). The smallest absolute Gasteiger partial charge is 0.305 e. The summed E-state index contributed by atoms with van der Waals surface area (Å²) < 4.78 is 59.7. The molecule has 0 spiro atoms. The van der Waals surface area contributed by atoms with E-state index in [0.717, 1.165) is 43.7 Å². The molecule has 0 bridgehead atoms. The number of likely N-dealkylation sites (N-methyl/N-ethyl adjacent to an activating group) is 3. The van der Waals surface area contributed by atoms with Crippen molar-refractivity contribution >= 4 is 129 Å². The van der Waals surface area contributed by atoms with E-state index in [2.05, 4.69) is 52.8 Å². The maximum atomic E-state index is 15.7. The lowest BCUT2D eigenvalue weighted by atomic mass is 9.97. The molecule has 38 nitrogen and oxygen atoms in total. The number of benzene rings is 5. The Kier molecular flexibility index (Phi) is 38.1. The third-order valence-electron chi connectivity index (χ3n) is 23.7. The molecular weight excluding hydrogens is 1790 g/mol. The molecule has 17 N–H and O–H groups in total. The molecule has 6 aromatic rings. The fourth-order valence-corrected chi connectivity index (χ4v) is 17.2. The number of primary amides is 2. The van der Waals surface area contributed by atoms with Crippen molar-refractivity contribution in [2.24, 2.45) is 17.4 Å². The van der Waals surface area contributed by atoms with Crippen molar-refractivity contribution < 1.29 is 119 Å². The minimum Gasteiger partial charge on any atom is -0.508 e. The summed E-state index contributed by atoms with van der Waals surface area (Å²) in [4.78, 5) is 271. The van der Waals surface area contributed by atoms with Crippen molar-refractivity contribution in [3.05, 3.63) is 173 Å². The molecule has 0 radical (unpaired) electrons. The molecule has 13 atom stereocenters. The van der Waals surface area contributed by atoms with Gasteiger partial charge in [0.2, 0.25) is 94.5 Å². The van der Waals surface area contributed by atoms with Gasteiger partial charge in [-0.2, -0.15) is 0 Å². The number of aliphatic carboxylic acids is 2. The first-order valence-corrected chi connectivity index (χ1v) is 45.2. The zero-order valence-corrected chi connectivity index (χ0v) is 76.0. The number of nitrogens with zero attached hydrogens (tertiary/aromatic N) is 5. The van der Waals surface area contributed by atoms with Gasteiger partial charge in [0.15, 0.2) is 17.5 Å². The topological polar surface area (TPSA) is 560 Å². The van der Waals surface area contributed by atoms with Gasteiger partial charge in [-0.25, -0.2) is 17.6 Å². The van der Waals surface area contributed by atoms with Crippen LogP contribution in [0.15, 0.2) is 121 Å². The number of amides is 16. The van der Waals surface area contributed by atoms with E-state index >= 15 is 51.9 Å². The number of halogens is 4. The van der Waals surface area contributed by atoms with Gasteiger partial charge in [-0.3, -0.25) is 86.3 Å². The van der Waals surface area contributed by atoms with Gasteiger partial charge in [0.25, 0.3) is 0 Å². The molecule has 1 aromatic heterocycles.